The largest absolute Gasteiger partial charge is 0.375 e. The number of hydrogen-bond donors (Lipinski definition) is 0. The Morgan fingerprint density at radius 1 is 1.45 bits per heavy atom. The van der Waals surface area contributed by atoms with Gasteiger partial charge in [-0.2, -0.15) is 9.57 Å². The van der Waals surface area contributed by atoms with Crippen molar-refractivity contribution in [3.63, 3.8) is 0 Å². The minimum Gasteiger partial charge on any atom is -0.375 e. The predicted octanol–water partition coefficient (Wildman–Crippen LogP) is 1.50. The zero-order valence-electron chi connectivity index (χ0n) is 11.2. The number of sulfonamides is 1. The van der Waals surface area contributed by atoms with Gasteiger partial charge in [0.1, 0.15) is 22.3 Å². The summed E-state index contributed by atoms with van der Waals surface area (Å²) in [6.45, 7) is 3.95. The molecule has 1 aromatic rings. The lowest BCUT2D eigenvalue weighted by Crippen LogP contribution is -2.50. The summed E-state index contributed by atoms with van der Waals surface area (Å²) < 4.78 is 45.5. The number of morpholine rings is 1. The number of ether oxygens (including phenoxy) is 1. The molecule has 20 heavy (non-hydrogen) atoms. The van der Waals surface area contributed by atoms with E-state index in [1.165, 1.54) is 16.4 Å². The molecule has 2 unspecified atom stereocenters. The monoisotopic (exact) mass is 298 g/mol. The molecule has 1 aliphatic heterocycles. The Kier molecular flexibility index (Phi) is 4.09. The third-order valence-corrected chi connectivity index (χ3v) is 5.25. The molecule has 1 fully saturated rings. The van der Waals surface area contributed by atoms with Gasteiger partial charge in [-0.1, -0.05) is 6.07 Å². The molecule has 1 saturated heterocycles. The third-order valence-electron chi connectivity index (χ3n) is 3.22. The summed E-state index contributed by atoms with van der Waals surface area (Å²) in [6.07, 6.45) is -0.236. The molecule has 1 aromatic carbocycles. The van der Waals surface area contributed by atoms with Crippen LogP contribution in [0, 0.1) is 17.1 Å². The van der Waals surface area contributed by atoms with E-state index < -0.39 is 21.4 Å². The van der Waals surface area contributed by atoms with E-state index in [0.29, 0.717) is 0 Å². The van der Waals surface area contributed by atoms with Gasteiger partial charge in [0.05, 0.1) is 12.7 Å². The van der Waals surface area contributed by atoms with Crippen molar-refractivity contribution in [1.82, 2.24) is 4.31 Å². The Labute approximate surface area is 117 Å². The van der Waals surface area contributed by atoms with Gasteiger partial charge in [-0.3, -0.25) is 0 Å². The first-order valence-corrected chi connectivity index (χ1v) is 7.64. The SMILES string of the molecule is CC1CN(S(=O)(=O)c2cccc(F)c2C#N)C(C)CO1. The van der Waals surface area contributed by atoms with Crippen molar-refractivity contribution in [2.45, 2.75) is 30.9 Å². The highest BCUT2D eigenvalue weighted by atomic mass is 32.2. The van der Waals surface area contributed by atoms with Crippen molar-refractivity contribution >= 4 is 10.0 Å². The fourth-order valence-corrected chi connectivity index (χ4v) is 4.01. The zero-order chi connectivity index (χ0) is 14.9. The smallest absolute Gasteiger partial charge is 0.244 e. The average Bonchev–Trinajstić information content (AvgIpc) is 2.41. The predicted molar refractivity (Wildman–Crippen MR) is 69.9 cm³/mol. The van der Waals surface area contributed by atoms with Gasteiger partial charge in [-0.15, -0.1) is 0 Å². The number of nitriles is 1. The summed E-state index contributed by atoms with van der Waals surface area (Å²) in [7, 11) is -3.92. The highest BCUT2D eigenvalue weighted by Crippen LogP contribution is 2.26. The average molecular weight is 298 g/mol. The first-order chi connectivity index (χ1) is 9.37. The first kappa shape index (κ1) is 14.9. The Balaban J connectivity index is 2.51. The van der Waals surface area contributed by atoms with Gasteiger partial charge in [-0.25, -0.2) is 12.8 Å². The number of rotatable bonds is 2. The van der Waals surface area contributed by atoms with Crippen LogP contribution in [0.1, 0.15) is 19.4 Å². The highest BCUT2D eigenvalue weighted by molar-refractivity contribution is 7.89. The van der Waals surface area contributed by atoms with Crippen LogP contribution in [0.5, 0.6) is 0 Å². The van der Waals surface area contributed by atoms with Crippen LogP contribution in [0.4, 0.5) is 4.39 Å². The van der Waals surface area contributed by atoms with Gasteiger partial charge in [0.2, 0.25) is 10.0 Å². The molecule has 108 valence electrons. The topological polar surface area (TPSA) is 70.4 Å². The van der Waals surface area contributed by atoms with Crippen LogP contribution >= 0.6 is 0 Å². The van der Waals surface area contributed by atoms with Crippen LogP contribution in [-0.4, -0.2) is 38.0 Å². The molecule has 0 aliphatic carbocycles. The van der Waals surface area contributed by atoms with Gasteiger partial charge < -0.3 is 4.74 Å². The number of benzene rings is 1. The number of halogens is 1. The van der Waals surface area contributed by atoms with Crippen LogP contribution in [-0.2, 0) is 14.8 Å². The van der Waals surface area contributed by atoms with Crippen molar-refractivity contribution < 1.29 is 17.5 Å². The van der Waals surface area contributed by atoms with E-state index in [9.17, 15) is 12.8 Å². The lowest BCUT2D eigenvalue weighted by atomic mass is 10.2. The normalized spacial score (nSPS) is 24.3. The van der Waals surface area contributed by atoms with E-state index in [2.05, 4.69) is 0 Å². The second-order valence-corrected chi connectivity index (χ2v) is 6.65. The van der Waals surface area contributed by atoms with Crippen molar-refractivity contribution in [3.05, 3.63) is 29.6 Å². The quantitative estimate of drug-likeness (QED) is 0.829. The maximum Gasteiger partial charge on any atom is 0.244 e. The molecule has 0 amide bonds. The van der Waals surface area contributed by atoms with Crippen molar-refractivity contribution in [2.75, 3.05) is 13.2 Å². The third kappa shape index (κ3) is 2.54. The van der Waals surface area contributed by atoms with Crippen LogP contribution < -0.4 is 0 Å². The lowest BCUT2D eigenvalue weighted by molar-refractivity contribution is -0.0170. The first-order valence-electron chi connectivity index (χ1n) is 6.20. The van der Waals surface area contributed by atoms with E-state index in [-0.39, 0.29) is 30.2 Å². The minimum atomic E-state index is -3.92. The molecule has 1 aliphatic rings. The maximum atomic E-state index is 13.6. The minimum absolute atomic E-state index is 0.185. The van der Waals surface area contributed by atoms with Gasteiger partial charge in [0, 0.05) is 12.6 Å². The molecule has 0 spiro atoms. The second kappa shape index (κ2) is 5.48. The molecule has 2 rings (SSSR count). The fraction of sp³-hybridized carbons (Fsp3) is 0.462. The fourth-order valence-electron chi connectivity index (χ4n) is 2.16. The second-order valence-electron chi connectivity index (χ2n) is 4.79. The molecule has 0 bridgehead atoms. The van der Waals surface area contributed by atoms with Gasteiger partial charge >= 0.3 is 0 Å². The summed E-state index contributed by atoms with van der Waals surface area (Å²) in [5, 5.41) is 8.98. The summed E-state index contributed by atoms with van der Waals surface area (Å²) in [6, 6.07) is 4.88. The summed E-state index contributed by atoms with van der Waals surface area (Å²) in [4.78, 5) is -0.291. The van der Waals surface area contributed by atoms with Crippen LogP contribution in [0.15, 0.2) is 23.1 Å². The molecule has 0 radical (unpaired) electrons. The molecule has 1 heterocycles. The molecule has 0 N–H and O–H groups in total. The molecule has 2 atom stereocenters. The van der Waals surface area contributed by atoms with Crippen molar-refractivity contribution in [2.24, 2.45) is 0 Å². The molecular weight excluding hydrogens is 283 g/mol. The molecular formula is C13H15FN2O3S. The highest BCUT2D eigenvalue weighted by Gasteiger charge is 2.35. The Morgan fingerprint density at radius 2 is 2.15 bits per heavy atom. The lowest BCUT2D eigenvalue weighted by Gasteiger charge is -2.35. The molecule has 5 nitrogen and oxygen atoms in total. The van der Waals surface area contributed by atoms with Crippen LogP contribution in [0.25, 0.3) is 0 Å². The summed E-state index contributed by atoms with van der Waals surface area (Å²) in [5.74, 6) is -0.831. The van der Waals surface area contributed by atoms with E-state index in [1.807, 2.05) is 0 Å². The number of nitrogens with zero attached hydrogens (tertiary/aromatic N) is 2. The van der Waals surface area contributed by atoms with Gasteiger partial charge in [-0.05, 0) is 26.0 Å². The van der Waals surface area contributed by atoms with E-state index >= 15 is 0 Å². The summed E-state index contributed by atoms with van der Waals surface area (Å²) in [5.41, 5.74) is -0.446. The van der Waals surface area contributed by atoms with E-state index in [1.54, 1.807) is 19.9 Å². The molecule has 0 saturated carbocycles. The Morgan fingerprint density at radius 3 is 2.80 bits per heavy atom. The Bertz CT molecular complexity index is 654. The van der Waals surface area contributed by atoms with Crippen LogP contribution in [0.2, 0.25) is 0 Å². The van der Waals surface area contributed by atoms with Gasteiger partial charge in [0.15, 0.2) is 0 Å². The van der Waals surface area contributed by atoms with Gasteiger partial charge in [0.25, 0.3) is 0 Å². The van der Waals surface area contributed by atoms with Crippen molar-refractivity contribution in [3.8, 4) is 6.07 Å². The Hall–Kier alpha value is -1.49. The van der Waals surface area contributed by atoms with Crippen molar-refractivity contribution in [1.29, 1.82) is 5.26 Å². The zero-order valence-corrected chi connectivity index (χ0v) is 12.0. The number of hydrogen-bond acceptors (Lipinski definition) is 4. The summed E-state index contributed by atoms with van der Waals surface area (Å²) >= 11 is 0. The molecule has 0 aromatic heterocycles. The standard InChI is InChI=1S/C13H15FN2O3S/c1-9-8-19-10(2)7-16(9)20(17,18)13-5-3-4-12(14)11(13)6-15/h3-5,9-10H,7-8H2,1-2H3. The van der Waals surface area contributed by atoms with E-state index in [0.717, 1.165) is 6.07 Å². The van der Waals surface area contributed by atoms with E-state index in [4.69, 9.17) is 10.00 Å². The maximum absolute atomic E-state index is 13.6. The van der Waals surface area contributed by atoms with Crippen LogP contribution in [0.3, 0.4) is 0 Å². The molecule has 7 heteroatoms.